The Kier molecular flexibility index (Phi) is 6.41. The first-order valence-electron chi connectivity index (χ1n) is 12.2. The number of piperidine rings is 1. The van der Waals surface area contributed by atoms with Gasteiger partial charge in [0.25, 0.3) is 11.8 Å². The number of carbonyl (C=O) groups is 4. The van der Waals surface area contributed by atoms with Crippen LogP contribution in [0.1, 0.15) is 45.5 Å². The first-order valence-corrected chi connectivity index (χ1v) is 12.2. The Hall–Kier alpha value is -4.20. The molecule has 5 rings (SSSR count). The van der Waals surface area contributed by atoms with Crippen LogP contribution < -0.4 is 10.2 Å². The average Bonchev–Trinajstić information content (AvgIpc) is 2.90. The Morgan fingerprint density at radius 3 is 2.25 bits per heavy atom. The summed E-state index contributed by atoms with van der Waals surface area (Å²) in [7, 11) is 0. The number of imide groups is 1. The maximum Gasteiger partial charge on any atom is 0.326 e. The van der Waals surface area contributed by atoms with Crippen molar-refractivity contribution < 1.29 is 24.3 Å². The van der Waals surface area contributed by atoms with Crippen molar-refractivity contribution in [2.45, 2.75) is 31.7 Å². The van der Waals surface area contributed by atoms with Crippen LogP contribution in [0.5, 0.6) is 0 Å². The first kappa shape index (κ1) is 23.5. The van der Waals surface area contributed by atoms with Crippen LogP contribution in [-0.2, 0) is 16.0 Å². The standard InChI is InChI=1S/C28H27N3O5/c32-24(29-22(28(35)36)16-18-8-3-1-4-9-18)17-31-26(33)20-11-7-10-19-23(30-14-5-2-6-15-30)13-12-21(25(19)20)27(31)34/h1,3-4,7-13,22H,2,5-6,14-17H2,(H,29,32)(H,35,36). The van der Waals surface area contributed by atoms with E-state index in [1.165, 1.54) is 6.42 Å². The van der Waals surface area contributed by atoms with Crippen molar-refractivity contribution in [1.29, 1.82) is 0 Å². The number of hydrogen-bond donors (Lipinski definition) is 2. The highest BCUT2D eigenvalue weighted by Gasteiger charge is 2.35. The molecule has 0 aliphatic carbocycles. The third kappa shape index (κ3) is 4.42. The monoisotopic (exact) mass is 485 g/mol. The van der Waals surface area contributed by atoms with Gasteiger partial charge in [0.05, 0.1) is 0 Å². The van der Waals surface area contributed by atoms with Crippen molar-refractivity contribution in [3.63, 3.8) is 0 Å². The number of hydrogen-bond acceptors (Lipinski definition) is 5. The van der Waals surface area contributed by atoms with Crippen LogP contribution >= 0.6 is 0 Å². The summed E-state index contributed by atoms with van der Waals surface area (Å²) in [6, 6.07) is 16.8. The molecule has 1 fully saturated rings. The Labute approximate surface area is 208 Å². The highest BCUT2D eigenvalue weighted by molar-refractivity contribution is 6.27. The van der Waals surface area contributed by atoms with Gasteiger partial charge in [0.15, 0.2) is 0 Å². The van der Waals surface area contributed by atoms with E-state index in [-0.39, 0.29) is 6.42 Å². The molecular weight excluding hydrogens is 458 g/mol. The number of benzene rings is 3. The van der Waals surface area contributed by atoms with Crippen molar-refractivity contribution in [2.75, 3.05) is 24.5 Å². The molecule has 3 aromatic rings. The summed E-state index contributed by atoms with van der Waals surface area (Å²) in [5, 5.41) is 13.5. The third-order valence-electron chi connectivity index (χ3n) is 6.88. The SMILES string of the molecule is O=C(CN1C(=O)c2cccc3c(N4CCCCC4)ccc(c23)C1=O)NC(Cc1ccccc1)C(=O)O. The largest absolute Gasteiger partial charge is 0.480 e. The molecule has 1 unspecified atom stereocenters. The zero-order chi connectivity index (χ0) is 25.2. The average molecular weight is 486 g/mol. The summed E-state index contributed by atoms with van der Waals surface area (Å²) in [4.78, 5) is 54.4. The summed E-state index contributed by atoms with van der Waals surface area (Å²) < 4.78 is 0. The van der Waals surface area contributed by atoms with Gasteiger partial charge in [-0.05, 0) is 43.0 Å². The van der Waals surface area contributed by atoms with E-state index in [1.54, 1.807) is 42.5 Å². The van der Waals surface area contributed by atoms with Gasteiger partial charge < -0.3 is 15.3 Å². The van der Waals surface area contributed by atoms with E-state index in [1.807, 2.05) is 18.2 Å². The van der Waals surface area contributed by atoms with E-state index in [0.717, 1.165) is 47.5 Å². The van der Waals surface area contributed by atoms with E-state index in [4.69, 9.17) is 0 Å². The van der Waals surface area contributed by atoms with Crippen LogP contribution in [0.3, 0.4) is 0 Å². The summed E-state index contributed by atoms with van der Waals surface area (Å²) >= 11 is 0. The molecule has 8 heteroatoms. The van der Waals surface area contributed by atoms with Gasteiger partial charge in [-0.1, -0.05) is 42.5 Å². The van der Waals surface area contributed by atoms with Crippen LogP contribution in [0.2, 0.25) is 0 Å². The molecule has 0 spiro atoms. The highest BCUT2D eigenvalue weighted by Crippen LogP contribution is 2.36. The van der Waals surface area contributed by atoms with E-state index in [0.29, 0.717) is 16.5 Å². The zero-order valence-corrected chi connectivity index (χ0v) is 19.8. The molecule has 2 N–H and O–H groups in total. The van der Waals surface area contributed by atoms with Crippen LogP contribution in [0.25, 0.3) is 10.8 Å². The molecule has 2 heterocycles. The van der Waals surface area contributed by atoms with Crippen LogP contribution in [0.4, 0.5) is 5.69 Å². The molecule has 2 aliphatic rings. The molecule has 3 aromatic carbocycles. The fourth-order valence-corrected chi connectivity index (χ4v) is 5.12. The van der Waals surface area contributed by atoms with E-state index in [2.05, 4.69) is 10.2 Å². The quantitative estimate of drug-likeness (QED) is 0.498. The Morgan fingerprint density at radius 2 is 1.56 bits per heavy atom. The maximum atomic E-state index is 13.3. The lowest BCUT2D eigenvalue weighted by molar-refractivity contribution is -0.141. The van der Waals surface area contributed by atoms with Gasteiger partial charge in [0.2, 0.25) is 5.91 Å². The van der Waals surface area contributed by atoms with Crippen LogP contribution in [-0.4, -0.2) is 59.4 Å². The lowest BCUT2D eigenvalue weighted by Crippen LogP contribution is -2.50. The molecule has 0 bridgehead atoms. The van der Waals surface area contributed by atoms with Gasteiger partial charge in [-0.25, -0.2) is 4.79 Å². The Balaban J connectivity index is 1.38. The summed E-state index contributed by atoms with van der Waals surface area (Å²) in [5.41, 5.74) is 2.49. The lowest BCUT2D eigenvalue weighted by atomic mass is 9.92. The topological polar surface area (TPSA) is 107 Å². The van der Waals surface area contributed by atoms with Crippen molar-refractivity contribution in [2.24, 2.45) is 0 Å². The molecule has 36 heavy (non-hydrogen) atoms. The van der Waals surface area contributed by atoms with Crippen LogP contribution in [0, 0.1) is 0 Å². The van der Waals surface area contributed by atoms with E-state index < -0.39 is 36.3 Å². The Bertz CT molecular complexity index is 1330. The van der Waals surface area contributed by atoms with Gasteiger partial charge in [-0.15, -0.1) is 0 Å². The fraction of sp³-hybridized carbons (Fsp3) is 0.286. The summed E-state index contributed by atoms with van der Waals surface area (Å²) in [5.74, 6) is -3.01. The molecule has 0 radical (unpaired) electrons. The van der Waals surface area contributed by atoms with Crippen LogP contribution in [0.15, 0.2) is 60.7 Å². The first-order chi connectivity index (χ1) is 17.4. The second kappa shape index (κ2) is 9.81. The third-order valence-corrected chi connectivity index (χ3v) is 6.88. The second-order valence-corrected chi connectivity index (χ2v) is 9.25. The predicted molar refractivity (Wildman–Crippen MR) is 135 cm³/mol. The van der Waals surface area contributed by atoms with Crippen molar-refractivity contribution in [3.8, 4) is 0 Å². The number of rotatable bonds is 7. The summed E-state index contributed by atoms with van der Waals surface area (Å²) in [6.07, 6.45) is 3.49. The minimum atomic E-state index is -1.19. The summed E-state index contributed by atoms with van der Waals surface area (Å²) in [6.45, 7) is 1.31. The van der Waals surface area contributed by atoms with E-state index in [9.17, 15) is 24.3 Å². The predicted octanol–water partition coefficient (Wildman–Crippen LogP) is 3.24. The number of carboxylic acids is 1. The molecule has 184 valence electrons. The lowest BCUT2D eigenvalue weighted by Gasteiger charge is -2.32. The molecule has 0 saturated carbocycles. The van der Waals surface area contributed by atoms with E-state index >= 15 is 0 Å². The van der Waals surface area contributed by atoms with Crippen molar-refractivity contribution in [3.05, 3.63) is 77.4 Å². The second-order valence-electron chi connectivity index (χ2n) is 9.25. The molecular formula is C28H27N3O5. The number of carboxylic acid groups (broad SMARTS) is 1. The van der Waals surface area contributed by atoms with Crippen molar-refractivity contribution >= 4 is 40.2 Å². The van der Waals surface area contributed by atoms with Gasteiger partial charge in [0, 0.05) is 47.1 Å². The highest BCUT2D eigenvalue weighted by atomic mass is 16.4. The smallest absolute Gasteiger partial charge is 0.326 e. The molecule has 1 atom stereocenters. The van der Waals surface area contributed by atoms with Gasteiger partial charge in [-0.3, -0.25) is 19.3 Å². The maximum absolute atomic E-state index is 13.3. The molecule has 8 nitrogen and oxygen atoms in total. The van der Waals surface area contributed by atoms with Gasteiger partial charge in [-0.2, -0.15) is 0 Å². The number of nitrogens with zero attached hydrogens (tertiary/aromatic N) is 2. The number of aliphatic carboxylic acids is 1. The van der Waals surface area contributed by atoms with Gasteiger partial charge in [0.1, 0.15) is 12.6 Å². The number of amides is 3. The molecule has 1 saturated heterocycles. The Morgan fingerprint density at radius 1 is 0.861 bits per heavy atom. The van der Waals surface area contributed by atoms with Gasteiger partial charge >= 0.3 is 5.97 Å². The van der Waals surface area contributed by atoms with Crippen molar-refractivity contribution in [1.82, 2.24) is 10.2 Å². The molecule has 2 aliphatic heterocycles. The number of nitrogens with one attached hydrogen (secondary N) is 1. The molecule has 3 amide bonds. The minimum absolute atomic E-state index is 0.0885. The minimum Gasteiger partial charge on any atom is -0.480 e. The number of anilines is 1. The zero-order valence-electron chi connectivity index (χ0n) is 19.8. The molecule has 0 aromatic heterocycles. The normalized spacial score (nSPS) is 16.2. The fourth-order valence-electron chi connectivity index (χ4n) is 5.12. The number of carbonyl (C=O) groups excluding carboxylic acids is 3.